The molecule has 1 rings (SSSR count). The van der Waals surface area contributed by atoms with Crippen molar-refractivity contribution in [2.75, 3.05) is 31.6 Å². The molecule has 0 heterocycles. The first-order valence-electron chi connectivity index (χ1n) is 6.49. The maximum atomic E-state index is 11.7. The lowest BCUT2D eigenvalue weighted by Gasteiger charge is -2.09. The zero-order valence-corrected chi connectivity index (χ0v) is 11.4. The van der Waals surface area contributed by atoms with Gasteiger partial charge in [0.15, 0.2) is 0 Å². The molecule has 0 aliphatic carbocycles. The van der Waals surface area contributed by atoms with Crippen molar-refractivity contribution in [3.8, 4) is 0 Å². The van der Waals surface area contributed by atoms with Crippen LogP contribution in [0.1, 0.15) is 12.0 Å². The van der Waals surface area contributed by atoms with Gasteiger partial charge in [-0.3, -0.25) is 4.79 Å². The Morgan fingerprint density at radius 3 is 2.89 bits per heavy atom. The molecule has 4 nitrogen and oxygen atoms in total. The number of anilines is 1. The normalized spacial score (nSPS) is 10.2. The van der Waals surface area contributed by atoms with Crippen molar-refractivity contribution in [3.63, 3.8) is 0 Å². The number of hydrogen-bond acceptors (Lipinski definition) is 3. The zero-order chi connectivity index (χ0) is 13.9. The molecule has 0 fully saturated rings. The molecule has 19 heavy (non-hydrogen) atoms. The molecule has 1 aromatic carbocycles. The van der Waals surface area contributed by atoms with Gasteiger partial charge in [-0.2, -0.15) is 0 Å². The van der Waals surface area contributed by atoms with Gasteiger partial charge in [-0.25, -0.2) is 0 Å². The molecule has 0 atom stereocenters. The van der Waals surface area contributed by atoms with E-state index >= 15 is 0 Å². The number of aryl methyl sites for hydroxylation is 1. The predicted octanol–water partition coefficient (Wildman–Crippen LogP) is 2.12. The number of rotatable bonds is 9. The third kappa shape index (κ3) is 6.74. The number of nitrogens with one attached hydrogen (secondary N) is 2. The molecule has 0 bridgehead atoms. The third-order valence-electron chi connectivity index (χ3n) is 2.59. The second-order valence-corrected chi connectivity index (χ2v) is 4.23. The predicted molar refractivity (Wildman–Crippen MR) is 78.3 cm³/mol. The summed E-state index contributed by atoms with van der Waals surface area (Å²) in [6.45, 7) is 7.82. The van der Waals surface area contributed by atoms with Crippen LogP contribution in [0, 0.1) is 6.92 Å². The molecule has 0 saturated carbocycles. The molecule has 0 aromatic heterocycles. The molecule has 0 unspecified atom stereocenters. The van der Waals surface area contributed by atoms with E-state index in [-0.39, 0.29) is 5.91 Å². The number of carbonyl (C=O) groups is 1. The molecule has 1 aromatic rings. The first-order chi connectivity index (χ1) is 9.24. The molecular formula is C15H22N2O2. The highest BCUT2D eigenvalue weighted by Crippen LogP contribution is 2.12. The van der Waals surface area contributed by atoms with Crippen molar-refractivity contribution >= 4 is 11.6 Å². The molecule has 0 saturated heterocycles. The van der Waals surface area contributed by atoms with Crippen molar-refractivity contribution in [1.82, 2.24) is 5.32 Å². The van der Waals surface area contributed by atoms with E-state index in [0.29, 0.717) is 26.3 Å². The summed E-state index contributed by atoms with van der Waals surface area (Å²) in [5.74, 6) is -0.0413. The number of hydrogen-bond donors (Lipinski definition) is 2. The van der Waals surface area contributed by atoms with Gasteiger partial charge in [-0.05, 0) is 25.0 Å². The van der Waals surface area contributed by atoms with E-state index in [1.54, 1.807) is 0 Å². The van der Waals surface area contributed by atoms with Crippen molar-refractivity contribution < 1.29 is 9.53 Å². The van der Waals surface area contributed by atoms with Crippen LogP contribution in [0.4, 0.5) is 5.69 Å². The Hall–Kier alpha value is -1.65. The smallest absolute Gasteiger partial charge is 0.238 e. The lowest BCUT2D eigenvalue weighted by molar-refractivity contribution is -0.115. The van der Waals surface area contributed by atoms with E-state index in [9.17, 15) is 4.79 Å². The Balaban J connectivity index is 2.12. The number of ether oxygens (including phenoxy) is 1. The Morgan fingerprint density at radius 1 is 1.37 bits per heavy atom. The number of amides is 1. The summed E-state index contributed by atoms with van der Waals surface area (Å²) >= 11 is 0. The van der Waals surface area contributed by atoms with Crippen LogP contribution in [0.5, 0.6) is 0 Å². The van der Waals surface area contributed by atoms with E-state index in [0.717, 1.165) is 17.7 Å². The second-order valence-electron chi connectivity index (χ2n) is 4.23. The first-order valence-corrected chi connectivity index (χ1v) is 6.49. The summed E-state index contributed by atoms with van der Waals surface area (Å²) in [4.78, 5) is 11.7. The van der Waals surface area contributed by atoms with Crippen LogP contribution in [0.25, 0.3) is 0 Å². The molecule has 0 spiro atoms. The Morgan fingerprint density at radius 2 is 2.16 bits per heavy atom. The van der Waals surface area contributed by atoms with Gasteiger partial charge < -0.3 is 15.4 Å². The fourth-order valence-corrected chi connectivity index (χ4v) is 1.52. The highest BCUT2D eigenvalue weighted by Gasteiger charge is 2.03. The van der Waals surface area contributed by atoms with Gasteiger partial charge in [0, 0.05) is 12.2 Å². The van der Waals surface area contributed by atoms with E-state index in [1.165, 1.54) is 0 Å². The van der Waals surface area contributed by atoms with Crippen LogP contribution < -0.4 is 10.6 Å². The lowest BCUT2D eigenvalue weighted by atomic mass is 10.2. The van der Waals surface area contributed by atoms with Crippen LogP contribution in [0.3, 0.4) is 0 Å². The van der Waals surface area contributed by atoms with Crippen molar-refractivity contribution in [2.45, 2.75) is 13.3 Å². The molecule has 2 N–H and O–H groups in total. The van der Waals surface area contributed by atoms with E-state index in [1.807, 2.05) is 37.3 Å². The minimum atomic E-state index is -0.0413. The van der Waals surface area contributed by atoms with E-state index in [2.05, 4.69) is 17.2 Å². The highest BCUT2D eigenvalue weighted by atomic mass is 16.5. The third-order valence-corrected chi connectivity index (χ3v) is 2.59. The fraction of sp³-hybridized carbons (Fsp3) is 0.400. The van der Waals surface area contributed by atoms with Crippen LogP contribution in [0.15, 0.2) is 36.9 Å². The van der Waals surface area contributed by atoms with Crippen molar-refractivity contribution in [2.24, 2.45) is 0 Å². The molecule has 0 radical (unpaired) electrons. The molecule has 0 aliphatic heterocycles. The van der Waals surface area contributed by atoms with Gasteiger partial charge in [0.25, 0.3) is 0 Å². The van der Waals surface area contributed by atoms with Crippen molar-refractivity contribution in [1.29, 1.82) is 0 Å². The maximum absolute atomic E-state index is 11.7. The lowest BCUT2D eigenvalue weighted by Crippen LogP contribution is -2.30. The second kappa shape index (κ2) is 9.30. The standard InChI is InChI=1S/C15H22N2O2/c1-3-4-10-19-11-9-16-12-15(18)17-14-8-6-5-7-13(14)2/h3,5-8,16H,1,4,9-12H2,2H3,(H,17,18). The van der Waals surface area contributed by atoms with E-state index in [4.69, 9.17) is 4.74 Å². The SMILES string of the molecule is C=CCCOCCNCC(=O)Nc1ccccc1C. The number of benzene rings is 1. The summed E-state index contributed by atoms with van der Waals surface area (Å²) in [7, 11) is 0. The molecule has 104 valence electrons. The summed E-state index contributed by atoms with van der Waals surface area (Å²) in [6.07, 6.45) is 2.68. The minimum absolute atomic E-state index is 0.0413. The summed E-state index contributed by atoms with van der Waals surface area (Å²) in [5.41, 5.74) is 1.92. The van der Waals surface area contributed by atoms with Gasteiger partial charge in [0.1, 0.15) is 0 Å². The Kier molecular flexibility index (Phi) is 7.54. The quantitative estimate of drug-likeness (QED) is 0.529. The topological polar surface area (TPSA) is 50.4 Å². The summed E-state index contributed by atoms with van der Waals surface area (Å²) in [5, 5.41) is 5.90. The first kappa shape index (κ1) is 15.4. The Bertz CT molecular complexity index is 405. The molecule has 1 amide bonds. The van der Waals surface area contributed by atoms with Crippen molar-refractivity contribution in [3.05, 3.63) is 42.5 Å². The Labute approximate surface area is 114 Å². The largest absolute Gasteiger partial charge is 0.380 e. The average molecular weight is 262 g/mol. The van der Waals surface area contributed by atoms with Crippen LogP contribution >= 0.6 is 0 Å². The van der Waals surface area contributed by atoms with Crippen LogP contribution in [-0.2, 0) is 9.53 Å². The summed E-state index contributed by atoms with van der Waals surface area (Å²) in [6, 6.07) is 7.72. The zero-order valence-electron chi connectivity index (χ0n) is 11.4. The van der Waals surface area contributed by atoms with Gasteiger partial charge >= 0.3 is 0 Å². The molecule has 4 heteroatoms. The van der Waals surface area contributed by atoms with Gasteiger partial charge in [0.05, 0.1) is 19.8 Å². The molecular weight excluding hydrogens is 240 g/mol. The van der Waals surface area contributed by atoms with E-state index < -0.39 is 0 Å². The van der Waals surface area contributed by atoms with Crippen LogP contribution in [0.2, 0.25) is 0 Å². The highest BCUT2D eigenvalue weighted by molar-refractivity contribution is 5.92. The minimum Gasteiger partial charge on any atom is -0.380 e. The summed E-state index contributed by atoms with van der Waals surface area (Å²) < 4.78 is 5.33. The van der Waals surface area contributed by atoms with Gasteiger partial charge in [0.2, 0.25) is 5.91 Å². The number of carbonyl (C=O) groups excluding carboxylic acids is 1. The number of para-hydroxylation sites is 1. The average Bonchev–Trinajstić information content (AvgIpc) is 2.40. The molecule has 0 aliphatic rings. The monoisotopic (exact) mass is 262 g/mol. The fourth-order valence-electron chi connectivity index (χ4n) is 1.52. The maximum Gasteiger partial charge on any atom is 0.238 e. The van der Waals surface area contributed by atoms with Crippen LogP contribution in [-0.4, -0.2) is 32.2 Å². The van der Waals surface area contributed by atoms with Gasteiger partial charge in [-0.1, -0.05) is 24.3 Å². The van der Waals surface area contributed by atoms with Gasteiger partial charge in [-0.15, -0.1) is 6.58 Å².